The molecule has 0 amide bonds. The van der Waals surface area contributed by atoms with E-state index in [1.807, 2.05) is 13.8 Å². The molecule has 12 heavy (non-hydrogen) atoms. The van der Waals surface area contributed by atoms with Crippen LogP contribution in [-0.2, 0) is 14.3 Å². The van der Waals surface area contributed by atoms with Crippen LogP contribution < -0.4 is 0 Å². The molecule has 0 aromatic heterocycles. The van der Waals surface area contributed by atoms with Gasteiger partial charge < -0.3 is 14.6 Å². The summed E-state index contributed by atoms with van der Waals surface area (Å²) in [5.41, 5.74) is 0. The van der Waals surface area contributed by atoms with E-state index in [4.69, 9.17) is 9.47 Å². The van der Waals surface area contributed by atoms with Crippen molar-refractivity contribution in [3.05, 3.63) is 0 Å². The van der Waals surface area contributed by atoms with Gasteiger partial charge in [0.25, 0.3) is 0 Å². The Labute approximate surface area is 71.5 Å². The molecular weight excluding hydrogens is 160 g/mol. The molecule has 0 saturated carbocycles. The molecule has 0 spiro atoms. The highest BCUT2D eigenvalue weighted by molar-refractivity contribution is 5.75. The summed E-state index contributed by atoms with van der Waals surface area (Å²) in [5.74, 6) is -0.338. The number of carbonyl (C=O) groups is 1. The van der Waals surface area contributed by atoms with Gasteiger partial charge in [0.05, 0.1) is 0 Å². The predicted octanol–water partition coefficient (Wildman–Crippen LogP) is 0.291. The largest absolute Gasteiger partial charge is 0.455 e. The second-order valence-corrected chi connectivity index (χ2v) is 3.31. The third-order valence-electron chi connectivity index (χ3n) is 1.87. The maximum Gasteiger partial charge on any atom is 0.335 e. The molecule has 1 heterocycles. The quantitative estimate of drug-likeness (QED) is 0.580. The fourth-order valence-corrected chi connectivity index (χ4v) is 1.10. The monoisotopic (exact) mass is 174 g/mol. The fraction of sp³-hybridized carbons (Fsp3) is 0.875. The van der Waals surface area contributed by atoms with E-state index in [0.717, 1.165) is 0 Å². The smallest absolute Gasteiger partial charge is 0.335 e. The van der Waals surface area contributed by atoms with Crippen molar-refractivity contribution in [2.45, 2.75) is 39.3 Å². The van der Waals surface area contributed by atoms with E-state index < -0.39 is 24.5 Å². The molecule has 0 radical (unpaired) electrons. The number of aliphatic hydroxyl groups is 1. The van der Waals surface area contributed by atoms with Crippen LogP contribution in [0.5, 0.6) is 0 Å². The SMILES string of the molecule is CC1OC(O)C(C(C)C)OC1=O. The van der Waals surface area contributed by atoms with Crippen LogP contribution in [-0.4, -0.2) is 29.6 Å². The normalized spacial score (nSPS) is 36.8. The minimum Gasteiger partial charge on any atom is -0.455 e. The lowest BCUT2D eigenvalue weighted by Crippen LogP contribution is -2.47. The van der Waals surface area contributed by atoms with E-state index in [1.165, 1.54) is 0 Å². The topological polar surface area (TPSA) is 55.8 Å². The van der Waals surface area contributed by atoms with E-state index in [-0.39, 0.29) is 5.92 Å². The Morgan fingerprint density at radius 3 is 2.58 bits per heavy atom. The number of hydrogen-bond donors (Lipinski definition) is 1. The summed E-state index contributed by atoms with van der Waals surface area (Å²) in [7, 11) is 0. The third-order valence-corrected chi connectivity index (χ3v) is 1.87. The van der Waals surface area contributed by atoms with Gasteiger partial charge in [0.1, 0.15) is 0 Å². The van der Waals surface area contributed by atoms with Crippen LogP contribution in [0.2, 0.25) is 0 Å². The Bertz CT molecular complexity index is 178. The fourth-order valence-electron chi connectivity index (χ4n) is 1.10. The number of esters is 1. The van der Waals surface area contributed by atoms with Crippen LogP contribution in [0.4, 0.5) is 0 Å². The maximum atomic E-state index is 11.0. The van der Waals surface area contributed by atoms with Gasteiger partial charge in [-0.15, -0.1) is 0 Å². The van der Waals surface area contributed by atoms with Gasteiger partial charge in [-0.05, 0) is 12.8 Å². The molecule has 0 aliphatic carbocycles. The van der Waals surface area contributed by atoms with Crippen LogP contribution >= 0.6 is 0 Å². The highest BCUT2D eigenvalue weighted by Gasteiger charge is 2.36. The lowest BCUT2D eigenvalue weighted by Gasteiger charge is -2.33. The molecule has 0 bridgehead atoms. The molecule has 0 aromatic rings. The molecule has 1 N–H and O–H groups in total. The molecule has 0 aromatic carbocycles. The molecule has 4 heteroatoms. The lowest BCUT2D eigenvalue weighted by atomic mass is 10.1. The number of hydrogen-bond acceptors (Lipinski definition) is 4. The van der Waals surface area contributed by atoms with Crippen LogP contribution in [0.15, 0.2) is 0 Å². The van der Waals surface area contributed by atoms with Gasteiger partial charge in [-0.25, -0.2) is 4.79 Å². The molecule has 1 fully saturated rings. The highest BCUT2D eigenvalue weighted by atomic mass is 16.7. The van der Waals surface area contributed by atoms with Crippen molar-refractivity contribution in [2.75, 3.05) is 0 Å². The molecule has 4 nitrogen and oxygen atoms in total. The number of cyclic esters (lactones) is 1. The van der Waals surface area contributed by atoms with E-state index in [2.05, 4.69) is 0 Å². The Kier molecular flexibility index (Phi) is 2.69. The van der Waals surface area contributed by atoms with E-state index in [9.17, 15) is 9.90 Å². The second kappa shape index (κ2) is 3.41. The molecule has 1 saturated heterocycles. The number of rotatable bonds is 1. The Morgan fingerprint density at radius 1 is 1.50 bits per heavy atom. The minimum atomic E-state index is -0.988. The third kappa shape index (κ3) is 1.76. The van der Waals surface area contributed by atoms with Crippen LogP contribution in [0.3, 0.4) is 0 Å². The Hall–Kier alpha value is -0.610. The van der Waals surface area contributed by atoms with Gasteiger partial charge in [-0.2, -0.15) is 0 Å². The maximum absolute atomic E-state index is 11.0. The lowest BCUT2D eigenvalue weighted by molar-refractivity contribution is -0.250. The highest BCUT2D eigenvalue weighted by Crippen LogP contribution is 2.19. The first kappa shape index (κ1) is 9.48. The van der Waals surface area contributed by atoms with E-state index in [0.29, 0.717) is 0 Å². The zero-order valence-corrected chi connectivity index (χ0v) is 7.48. The first-order valence-electron chi connectivity index (χ1n) is 4.06. The summed E-state index contributed by atoms with van der Waals surface area (Å²) in [5, 5.41) is 9.33. The summed E-state index contributed by atoms with van der Waals surface area (Å²) >= 11 is 0. The van der Waals surface area contributed by atoms with E-state index >= 15 is 0 Å². The second-order valence-electron chi connectivity index (χ2n) is 3.31. The number of ether oxygens (including phenoxy) is 2. The summed E-state index contributed by atoms with van der Waals surface area (Å²) in [4.78, 5) is 11.0. The predicted molar refractivity (Wildman–Crippen MR) is 41.3 cm³/mol. The molecular formula is C8H14O4. The van der Waals surface area contributed by atoms with Gasteiger partial charge in [0.2, 0.25) is 0 Å². The number of carbonyl (C=O) groups excluding carboxylic acids is 1. The zero-order chi connectivity index (χ0) is 9.30. The van der Waals surface area contributed by atoms with Crippen molar-refractivity contribution in [3.8, 4) is 0 Å². The van der Waals surface area contributed by atoms with Crippen LogP contribution in [0.1, 0.15) is 20.8 Å². The van der Waals surface area contributed by atoms with Gasteiger partial charge in [0.15, 0.2) is 18.5 Å². The van der Waals surface area contributed by atoms with Crippen molar-refractivity contribution in [1.82, 2.24) is 0 Å². The van der Waals surface area contributed by atoms with Gasteiger partial charge in [-0.1, -0.05) is 13.8 Å². The molecule has 70 valence electrons. The molecule has 1 aliphatic heterocycles. The molecule has 1 rings (SSSR count). The average Bonchev–Trinajstić information content (AvgIpc) is 1.96. The Morgan fingerprint density at radius 2 is 2.08 bits per heavy atom. The summed E-state index contributed by atoms with van der Waals surface area (Å²) in [6.07, 6.45) is -2.18. The first-order valence-corrected chi connectivity index (χ1v) is 4.06. The standard InChI is InChI=1S/C8H14O4/c1-4(2)6-8(10)11-5(3)7(9)12-6/h4-6,8,10H,1-3H3. The van der Waals surface area contributed by atoms with E-state index in [1.54, 1.807) is 6.92 Å². The zero-order valence-electron chi connectivity index (χ0n) is 7.48. The van der Waals surface area contributed by atoms with Crippen LogP contribution in [0, 0.1) is 5.92 Å². The first-order chi connectivity index (χ1) is 5.52. The Balaban J connectivity index is 2.61. The van der Waals surface area contributed by atoms with Crippen molar-refractivity contribution in [1.29, 1.82) is 0 Å². The van der Waals surface area contributed by atoms with Gasteiger partial charge in [0, 0.05) is 0 Å². The minimum absolute atomic E-state index is 0.0662. The van der Waals surface area contributed by atoms with Gasteiger partial charge in [-0.3, -0.25) is 0 Å². The van der Waals surface area contributed by atoms with Gasteiger partial charge >= 0.3 is 5.97 Å². The average molecular weight is 174 g/mol. The number of aliphatic hydroxyl groups excluding tert-OH is 1. The van der Waals surface area contributed by atoms with Crippen molar-refractivity contribution in [3.63, 3.8) is 0 Å². The van der Waals surface area contributed by atoms with Crippen LogP contribution in [0.25, 0.3) is 0 Å². The summed E-state index contributed by atoms with van der Waals surface area (Å²) in [6.45, 7) is 5.28. The molecule has 1 aliphatic rings. The molecule has 3 atom stereocenters. The van der Waals surface area contributed by atoms with Crippen molar-refractivity contribution < 1.29 is 19.4 Å². The van der Waals surface area contributed by atoms with Crippen molar-refractivity contribution in [2.24, 2.45) is 5.92 Å². The van der Waals surface area contributed by atoms with Crippen molar-refractivity contribution >= 4 is 5.97 Å². The summed E-state index contributed by atoms with van der Waals surface area (Å²) < 4.78 is 9.91. The summed E-state index contributed by atoms with van der Waals surface area (Å²) in [6, 6.07) is 0. The molecule has 3 unspecified atom stereocenters.